The molecule has 2 rings (SSSR count). The van der Waals surface area contributed by atoms with Crippen LogP contribution in [0.3, 0.4) is 0 Å². The molecule has 0 amide bonds. The molecule has 0 saturated heterocycles. The maximum atomic E-state index is 3.77. The summed E-state index contributed by atoms with van der Waals surface area (Å²) in [6.45, 7) is 10.7. The standard InChI is InChI=1S/C18H36N2/c1-5-9-19-18(14(3)6-2)13-20(4)12-17-11-15-7-8-16(17)10-15/h14-19H,5-13H2,1-4H3. The fourth-order valence-electron chi connectivity index (χ4n) is 4.47. The van der Waals surface area contributed by atoms with Gasteiger partial charge in [0.2, 0.25) is 0 Å². The molecule has 2 aliphatic carbocycles. The SMILES string of the molecule is CCCNC(CN(C)CC1CC2CCC1C2)C(C)CC. The maximum absolute atomic E-state index is 3.77. The van der Waals surface area contributed by atoms with Crippen LogP contribution in [-0.2, 0) is 0 Å². The smallest absolute Gasteiger partial charge is 0.0220 e. The Balaban J connectivity index is 1.76. The van der Waals surface area contributed by atoms with Gasteiger partial charge in [0.15, 0.2) is 0 Å². The maximum Gasteiger partial charge on any atom is 0.0220 e. The van der Waals surface area contributed by atoms with Crippen LogP contribution in [0, 0.1) is 23.7 Å². The molecule has 20 heavy (non-hydrogen) atoms. The van der Waals surface area contributed by atoms with Crippen LogP contribution in [0.15, 0.2) is 0 Å². The van der Waals surface area contributed by atoms with Crippen molar-refractivity contribution < 1.29 is 0 Å². The lowest BCUT2D eigenvalue weighted by Crippen LogP contribution is -2.45. The molecule has 2 saturated carbocycles. The van der Waals surface area contributed by atoms with Crippen LogP contribution in [0.1, 0.15) is 59.3 Å². The number of rotatable bonds is 9. The summed E-state index contributed by atoms with van der Waals surface area (Å²) in [6.07, 6.45) is 8.63. The van der Waals surface area contributed by atoms with Gasteiger partial charge in [-0.05, 0) is 62.9 Å². The summed E-state index contributed by atoms with van der Waals surface area (Å²) >= 11 is 0. The molecule has 0 aromatic heterocycles. The third-order valence-corrected chi connectivity index (χ3v) is 5.93. The Morgan fingerprint density at radius 2 is 2.00 bits per heavy atom. The van der Waals surface area contributed by atoms with Crippen LogP contribution in [0.2, 0.25) is 0 Å². The lowest BCUT2D eigenvalue weighted by atomic mass is 9.88. The summed E-state index contributed by atoms with van der Waals surface area (Å²) < 4.78 is 0. The van der Waals surface area contributed by atoms with Crippen molar-refractivity contribution in [1.29, 1.82) is 0 Å². The molecule has 0 aromatic carbocycles. The van der Waals surface area contributed by atoms with Crippen LogP contribution in [0.4, 0.5) is 0 Å². The third kappa shape index (κ3) is 4.21. The highest BCUT2D eigenvalue weighted by atomic mass is 15.1. The molecule has 1 N–H and O–H groups in total. The van der Waals surface area contributed by atoms with Gasteiger partial charge in [0.1, 0.15) is 0 Å². The predicted molar refractivity (Wildman–Crippen MR) is 88.0 cm³/mol. The number of hydrogen-bond acceptors (Lipinski definition) is 2. The van der Waals surface area contributed by atoms with Gasteiger partial charge in [-0.1, -0.05) is 33.6 Å². The molecular weight excluding hydrogens is 244 g/mol. The van der Waals surface area contributed by atoms with Crippen molar-refractivity contribution in [2.45, 2.75) is 65.3 Å². The van der Waals surface area contributed by atoms with E-state index in [0.29, 0.717) is 6.04 Å². The van der Waals surface area contributed by atoms with Crippen molar-refractivity contribution in [1.82, 2.24) is 10.2 Å². The van der Waals surface area contributed by atoms with Crippen molar-refractivity contribution >= 4 is 0 Å². The van der Waals surface area contributed by atoms with Crippen LogP contribution < -0.4 is 5.32 Å². The van der Waals surface area contributed by atoms with E-state index in [1.165, 1.54) is 45.2 Å². The second-order valence-corrected chi connectivity index (χ2v) is 7.60. The minimum Gasteiger partial charge on any atom is -0.312 e. The van der Waals surface area contributed by atoms with E-state index in [0.717, 1.165) is 30.2 Å². The first-order valence-corrected chi connectivity index (χ1v) is 9.05. The highest BCUT2D eigenvalue weighted by Crippen LogP contribution is 2.48. The van der Waals surface area contributed by atoms with Crippen molar-refractivity contribution in [3.8, 4) is 0 Å². The second-order valence-electron chi connectivity index (χ2n) is 7.60. The van der Waals surface area contributed by atoms with Gasteiger partial charge in [-0.3, -0.25) is 0 Å². The molecule has 2 fully saturated rings. The van der Waals surface area contributed by atoms with Gasteiger partial charge in [0, 0.05) is 19.1 Å². The molecule has 2 bridgehead atoms. The van der Waals surface area contributed by atoms with E-state index >= 15 is 0 Å². The van der Waals surface area contributed by atoms with Gasteiger partial charge >= 0.3 is 0 Å². The van der Waals surface area contributed by atoms with Crippen LogP contribution >= 0.6 is 0 Å². The number of fused-ring (bicyclic) bond motifs is 2. The zero-order valence-electron chi connectivity index (χ0n) is 14.2. The fourth-order valence-corrected chi connectivity index (χ4v) is 4.47. The monoisotopic (exact) mass is 280 g/mol. The topological polar surface area (TPSA) is 15.3 Å². The second kappa shape index (κ2) is 7.79. The lowest BCUT2D eigenvalue weighted by Gasteiger charge is -2.32. The number of nitrogens with one attached hydrogen (secondary N) is 1. The average molecular weight is 280 g/mol. The largest absolute Gasteiger partial charge is 0.312 e. The summed E-state index contributed by atoms with van der Waals surface area (Å²) in [5, 5.41) is 3.77. The molecule has 2 heteroatoms. The Bertz CT molecular complexity index is 279. The van der Waals surface area contributed by atoms with E-state index in [1.807, 2.05) is 0 Å². The van der Waals surface area contributed by atoms with Gasteiger partial charge in [-0.15, -0.1) is 0 Å². The number of nitrogens with zero attached hydrogens (tertiary/aromatic N) is 1. The summed E-state index contributed by atoms with van der Waals surface area (Å²) in [7, 11) is 2.34. The van der Waals surface area contributed by atoms with Crippen molar-refractivity contribution in [2.75, 3.05) is 26.7 Å². The molecule has 0 radical (unpaired) electrons. The normalized spacial score (nSPS) is 31.9. The Hall–Kier alpha value is -0.0800. The Morgan fingerprint density at radius 1 is 1.20 bits per heavy atom. The molecule has 0 aliphatic heterocycles. The molecule has 2 nitrogen and oxygen atoms in total. The quantitative estimate of drug-likeness (QED) is 0.691. The van der Waals surface area contributed by atoms with Crippen LogP contribution in [0.25, 0.3) is 0 Å². The number of likely N-dealkylation sites (N-methyl/N-ethyl adjacent to an activating group) is 1. The van der Waals surface area contributed by atoms with Gasteiger partial charge in [-0.2, -0.15) is 0 Å². The number of hydrogen-bond donors (Lipinski definition) is 1. The molecule has 5 atom stereocenters. The summed E-state index contributed by atoms with van der Waals surface area (Å²) in [5.74, 6) is 3.93. The molecule has 118 valence electrons. The van der Waals surface area contributed by atoms with Gasteiger partial charge in [-0.25, -0.2) is 0 Å². The molecular formula is C18H36N2. The minimum absolute atomic E-state index is 0.670. The predicted octanol–water partition coefficient (Wildman–Crippen LogP) is 3.77. The van der Waals surface area contributed by atoms with E-state index in [2.05, 4.69) is 38.0 Å². The Morgan fingerprint density at radius 3 is 2.55 bits per heavy atom. The Labute approximate surface area is 126 Å². The van der Waals surface area contributed by atoms with E-state index in [-0.39, 0.29) is 0 Å². The zero-order chi connectivity index (χ0) is 14.5. The first kappa shape index (κ1) is 16.3. The highest BCUT2D eigenvalue weighted by molar-refractivity contribution is 4.91. The minimum atomic E-state index is 0.670. The molecule has 0 aromatic rings. The van der Waals surface area contributed by atoms with Gasteiger partial charge in [0.05, 0.1) is 0 Å². The van der Waals surface area contributed by atoms with Crippen molar-refractivity contribution in [3.05, 3.63) is 0 Å². The van der Waals surface area contributed by atoms with Crippen LogP contribution in [0.5, 0.6) is 0 Å². The summed E-state index contributed by atoms with van der Waals surface area (Å²) in [4.78, 5) is 2.62. The molecule has 0 spiro atoms. The van der Waals surface area contributed by atoms with E-state index < -0.39 is 0 Å². The highest BCUT2D eigenvalue weighted by Gasteiger charge is 2.39. The first-order valence-electron chi connectivity index (χ1n) is 9.05. The van der Waals surface area contributed by atoms with E-state index in [4.69, 9.17) is 0 Å². The van der Waals surface area contributed by atoms with Gasteiger partial charge < -0.3 is 10.2 Å². The molecule has 5 unspecified atom stereocenters. The van der Waals surface area contributed by atoms with E-state index in [1.54, 1.807) is 6.42 Å². The summed E-state index contributed by atoms with van der Waals surface area (Å²) in [5.41, 5.74) is 0. The lowest BCUT2D eigenvalue weighted by molar-refractivity contribution is 0.187. The third-order valence-electron chi connectivity index (χ3n) is 5.93. The van der Waals surface area contributed by atoms with Crippen LogP contribution in [-0.4, -0.2) is 37.6 Å². The zero-order valence-corrected chi connectivity index (χ0v) is 14.2. The van der Waals surface area contributed by atoms with Gasteiger partial charge in [0.25, 0.3) is 0 Å². The molecule has 2 aliphatic rings. The molecule has 0 heterocycles. The first-order chi connectivity index (χ1) is 9.63. The average Bonchev–Trinajstić information content (AvgIpc) is 3.04. The fraction of sp³-hybridized carbons (Fsp3) is 1.00. The van der Waals surface area contributed by atoms with Crippen molar-refractivity contribution in [2.24, 2.45) is 23.7 Å². The van der Waals surface area contributed by atoms with Crippen molar-refractivity contribution in [3.63, 3.8) is 0 Å². The Kier molecular flexibility index (Phi) is 6.35. The van der Waals surface area contributed by atoms with E-state index in [9.17, 15) is 0 Å². The summed E-state index contributed by atoms with van der Waals surface area (Å²) in [6, 6.07) is 0.670.